The minimum absolute atomic E-state index is 0.00210. The van der Waals surface area contributed by atoms with Crippen LogP contribution in [0, 0.1) is 0 Å². The molecule has 2 aromatic heterocycles. The number of carbonyl (C=O) groups excluding carboxylic acids is 1. The summed E-state index contributed by atoms with van der Waals surface area (Å²) in [6, 6.07) is 7.61. The Morgan fingerprint density at radius 3 is 2.81 bits per heavy atom. The van der Waals surface area contributed by atoms with Gasteiger partial charge in [-0.15, -0.1) is 0 Å². The van der Waals surface area contributed by atoms with Crippen LogP contribution in [0.2, 0.25) is 0 Å². The highest BCUT2D eigenvalue weighted by Gasteiger charge is 2.07. The van der Waals surface area contributed by atoms with Crippen LogP contribution in [0.3, 0.4) is 0 Å². The Bertz CT molecular complexity index is 552. The highest BCUT2D eigenvalue weighted by atomic mass is 16.5. The highest BCUT2D eigenvalue weighted by molar-refractivity contribution is 5.91. The molecule has 5 nitrogen and oxygen atoms in total. The summed E-state index contributed by atoms with van der Waals surface area (Å²) in [6.07, 6.45) is 9.27. The Balaban J connectivity index is 1.65. The second kappa shape index (κ2) is 8.09. The zero-order valence-electron chi connectivity index (χ0n) is 12.3. The molecule has 21 heavy (non-hydrogen) atoms. The molecule has 0 aromatic carbocycles. The summed E-state index contributed by atoms with van der Waals surface area (Å²) in [7, 11) is 1.54. The molecule has 2 heterocycles. The van der Waals surface area contributed by atoms with E-state index in [4.69, 9.17) is 4.74 Å². The van der Waals surface area contributed by atoms with Crippen molar-refractivity contribution in [1.29, 1.82) is 0 Å². The molecule has 0 fully saturated rings. The van der Waals surface area contributed by atoms with Crippen molar-refractivity contribution in [2.24, 2.45) is 0 Å². The average Bonchev–Trinajstić information content (AvgIpc) is 3.01. The Morgan fingerprint density at radius 2 is 2.05 bits per heavy atom. The third-order valence-corrected chi connectivity index (χ3v) is 3.22. The smallest absolute Gasteiger partial charge is 0.237 e. The fourth-order valence-electron chi connectivity index (χ4n) is 2.14. The molecule has 0 aliphatic carbocycles. The first-order valence-electron chi connectivity index (χ1n) is 7.19. The molecule has 0 spiro atoms. The Kier molecular flexibility index (Phi) is 5.82. The molecule has 0 atom stereocenters. The van der Waals surface area contributed by atoms with Gasteiger partial charge in [0.25, 0.3) is 0 Å². The van der Waals surface area contributed by atoms with Gasteiger partial charge in [-0.25, -0.2) is 4.98 Å². The maximum absolute atomic E-state index is 11.9. The number of aryl methyl sites for hydroxylation is 1. The summed E-state index contributed by atoms with van der Waals surface area (Å²) in [6.45, 7) is 1.01. The molecule has 2 aromatic rings. The molecule has 1 N–H and O–H groups in total. The summed E-state index contributed by atoms with van der Waals surface area (Å²) in [5.41, 5.74) is 0.623. The molecule has 0 saturated carbocycles. The van der Waals surface area contributed by atoms with Gasteiger partial charge in [-0.3, -0.25) is 4.79 Å². The minimum atomic E-state index is 0.00210. The summed E-state index contributed by atoms with van der Waals surface area (Å²) in [5.74, 6) is 0.445. The molecule has 0 unspecified atom stereocenters. The fraction of sp³-hybridized carbons (Fsp3) is 0.375. The second-order valence-electron chi connectivity index (χ2n) is 4.84. The molecule has 1 amide bonds. The van der Waals surface area contributed by atoms with E-state index in [1.165, 1.54) is 0 Å². The van der Waals surface area contributed by atoms with Gasteiger partial charge in [0.1, 0.15) is 5.69 Å². The standard InChI is InChI=1S/C16H21N3O2/c1-21-16-14(8-7-10-17-16)18-15(20)9-3-2-4-11-19-12-5-6-13-19/h5-8,10,12-13H,2-4,9,11H2,1H3,(H,18,20). The molecule has 0 saturated heterocycles. The number of methoxy groups -OCH3 is 1. The number of hydrogen-bond acceptors (Lipinski definition) is 3. The molecule has 5 heteroatoms. The molecule has 0 bridgehead atoms. The number of amides is 1. The molecular formula is C16H21N3O2. The minimum Gasteiger partial charge on any atom is -0.480 e. The number of hydrogen-bond donors (Lipinski definition) is 1. The van der Waals surface area contributed by atoms with Crippen LogP contribution in [-0.4, -0.2) is 22.6 Å². The van der Waals surface area contributed by atoms with E-state index >= 15 is 0 Å². The third-order valence-electron chi connectivity index (χ3n) is 3.22. The first kappa shape index (κ1) is 15.1. The van der Waals surface area contributed by atoms with Crippen molar-refractivity contribution in [3.63, 3.8) is 0 Å². The highest BCUT2D eigenvalue weighted by Crippen LogP contribution is 2.20. The third kappa shape index (κ3) is 4.95. The van der Waals surface area contributed by atoms with E-state index in [2.05, 4.69) is 27.3 Å². The van der Waals surface area contributed by atoms with Gasteiger partial charge in [-0.05, 0) is 37.1 Å². The van der Waals surface area contributed by atoms with E-state index in [9.17, 15) is 4.79 Å². The van der Waals surface area contributed by atoms with Gasteiger partial charge in [-0.1, -0.05) is 6.42 Å². The van der Waals surface area contributed by atoms with E-state index in [1.807, 2.05) is 12.1 Å². The number of anilines is 1. The lowest BCUT2D eigenvalue weighted by Gasteiger charge is -2.08. The van der Waals surface area contributed by atoms with Gasteiger partial charge in [0, 0.05) is 31.6 Å². The van der Waals surface area contributed by atoms with Crippen LogP contribution in [0.15, 0.2) is 42.9 Å². The van der Waals surface area contributed by atoms with Crippen molar-refractivity contribution in [2.45, 2.75) is 32.2 Å². The lowest BCUT2D eigenvalue weighted by atomic mass is 10.2. The van der Waals surface area contributed by atoms with E-state index in [0.717, 1.165) is 25.8 Å². The Morgan fingerprint density at radius 1 is 1.24 bits per heavy atom. The van der Waals surface area contributed by atoms with Crippen LogP contribution in [0.1, 0.15) is 25.7 Å². The van der Waals surface area contributed by atoms with Crippen molar-refractivity contribution >= 4 is 11.6 Å². The first-order valence-corrected chi connectivity index (χ1v) is 7.19. The second-order valence-corrected chi connectivity index (χ2v) is 4.84. The van der Waals surface area contributed by atoms with Crippen molar-refractivity contribution in [1.82, 2.24) is 9.55 Å². The summed E-state index contributed by atoms with van der Waals surface area (Å²) < 4.78 is 7.26. The average molecular weight is 287 g/mol. The topological polar surface area (TPSA) is 56.1 Å². The van der Waals surface area contributed by atoms with E-state index in [1.54, 1.807) is 25.4 Å². The zero-order valence-corrected chi connectivity index (χ0v) is 12.3. The van der Waals surface area contributed by atoms with Crippen molar-refractivity contribution in [3.8, 4) is 5.88 Å². The van der Waals surface area contributed by atoms with Crippen LogP contribution in [0.25, 0.3) is 0 Å². The number of rotatable bonds is 8. The summed E-state index contributed by atoms with van der Waals surface area (Å²) >= 11 is 0. The number of nitrogens with zero attached hydrogens (tertiary/aromatic N) is 2. The van der Waals surface area contributed by atoms with Gasteiger partial charge in [0.15, 0.2) is 0 Å². The van der Waals surface area contributed by atoms with Gasteiger partial charge in [0.2, 0.25) is 11.8 Å². The van der Waals surface area contributed by atoms with Crippen LogP contribution in [0.4, 0.5) is 5.69 Å². The van der Waals surface area contributed by atoms with Gasteiger partial charge >= 0.3 is 0 Å². The van der Waals surface area contributed by atoms with Crippen molar-refractivity contribution in [2.75, 3.05) is 12.4 Å². The molecule has 2 rings (SSSR count). The predicted molar refractivity (Wildman–Crippen MR) is 82.3 cm³/mol. The number of carbonyl (C=O) groups is 1. The number of pyridine rings is 1. The largest absolute Gasteiger partial charge is 0.480 e. The van der Waals surface area contributed by atoms with E-state index in [-0.39, 0.29) is 5.91 Å². The molecule has 0 radical (unpaired) electrons. The first-order chi connectivity index (χ1) is 10.3. The molecular weight excluding hydrogens is 266 g/mol. The lowest BCUT2D eigenvalue weighted by Crippen LogP contribution is -2.12. The van der Waals surface area contributed by atoms with Crippen LogP contribution < -0.4 is 10.1 Å². The maximum Gasteiger partial charge on any atom is 0.237 e. The van der Waals surface area contributed by atoms with Crippen molar-refractivity contribution < 1.29 is 9.53 Å². The van der Waals surface area contributed by atoms with Crippen LogP contribution in [0.5, 0.6) is 5.88 Å². The number of nitrogens with one attached hydrogen (secondary N) is 1. The van der Waals surface area contributed by atoms with Crippen molar-refractivity contribution in [3.05, 3.63) is 42.9 Å². The predicted octanol–water partition coefficient (Wildman–Crippen LogP) is 3.09. The molecule has 112 valence electrons. The van der Waals surface area contributed by atoms with Gasteiger partial charge in [0.05, 0.1) is 7.11 Å². The SMILES string of the molecule is COc1ncccc1NC(=O)CCCCCn1cccc1. The molecule has 0 aliphatic heterocycles. The molecule has 0 aliphatic rings. The van der Waals surface area contributed by atoms with E-state index in [0.29, 0.717) is 18.0 Å². The number of aromatic nitrogens is 2. The fourth-order valence-corrected chi connectivity index (χ4v) is 2.14. The monoisotopic (exact) mass is 287 g/mol. The normalized spacial score (nSPS) is 10.3. The van der Waals surface area contributed by atoms with Gasteiger partial charge in [-0.2, -0.15) is 0 Å². The van der Waals surface area contributed by atoms with Crippen LogP contribution in [-0.2, 0) is 11.3 Å². The van der Waals surface area contributed by atoms with Gasteiger partial charge < -0.3 is 14.6 Å². The number of unbranched alkanes of at least 4 members (excludes halogenated alkanes) is 2. The number of ether oxygens (including phenoxy) is 1. The maximum atomic E-state index is 11.9. The Hall–Kier alpha value is -2.30. The lowest BCUT2D eigenvalue weighted by molar-refractivity contribution is -0.116. The quantitative estimate of drug-likeness (QED) is 0.759. The van der Waals surface area contributed by atoms with E-state index < -0.39 is 0 Å². The van der Waals surface area contributed by atoms with Crippen LogP contribution >= 0.6 is 0 Å². The zero-order chi connectivity index (χ0) is 14.9. The summed E-state index contributed by atoms with van der Waals surface area (Å²) in [4.78, 5) is 15.9. The Labute approximate surface area is 125 Å². The summed E-state index contributed by atoms with van der Waals surface area (Å²) in [5, 5.41) is 2.83.